The van der Waals surface area contributed by atoms with Gasteiger partial charge < -0.3 is 9.53 Å². The van der Waals surface area contributed by atoms with Gasteiger partial charge in [-0.1, -0.05) is 43.3 Å². The summed E-state index contributed by atoms with van der Waals surface area (Å²) in [7, 11) is 0. The first-order valence-electron chi connectivity index (χ1n) is 6.49. The Bertz CT molecular complexity index is 422. The topological polar surface area (TPSA) is 26.3 Å². The Labute approximate surface area is 109 Å². The fraction of sp³-hybridized carbons (Fsp3) is 0.438. The number of carbonyl (C=O) groups excluding carboxylic acids is 1. The van der Waals surface area contributed by atoms with Gasteiger partial charge in [-0.15, -0.1) is 0 Å². The van der Waals surface area contributed by atoms with Crippen LogP contribution in [0.15, 0.2) is 42.0 Å². The zero-order valence-corrected chi connectivity index (χ0v) is 10.9. The van der Waals surface area contributed by atoms with Crippen LogP contribution in [0.5, 0.6) is 0 Å². The average molecular weight is 244 g/mol. The van der Waals surface area contributed by atoms with E-state index in [2.05, 4.69) is 25.1 Å². The van der Waals surface area contributed by atoms with Crippen molar-refractivity contribution in [1.82, 2.24) is 0 Å². The molecule has 2 nitrogen and oxygen atoms in total. The highest BCUT2D eigenvalue weighted by Gasteiger charge is 2.31. The molecule has 0 heterocycles. The molecule has 0 fully saturated rings. The van der Waals surface area contributed by atoms with Gasteiger partial charge in [0.15, 0.2) is 0 Å². The number of ether oxygens (including phenoxy) is 1. The molecule has 1 aliphatic carbocycles. The van der Waals surface area contributed by atoms with Crippen LogP contribution in [-0.4, -0.2) is 12.9 Å². The van der Waals surface area contributed by atoms with Crippen molar-refractivity contribution in [3.05, 3.63) is 47.5 Å². The summed E-state index contributed by atoms with van der Waals surface area (Å²) >= 11 is 0. The van der Waals surface area contributed by atoms with Crippen molar-refractivity contribution < 1.29 is 9.53 Å². The molecule has 18 heavy (non-hydrogen) atoms. The number of benzene rings is 1. The van der Waals surface area contributed by atoms with Crippen molar-refractivity contribution >= 4 is 6.29 Å². The van der Waals surface area contributed by atoms with Crippen LogP contribution in [0.25, 0.3) is 0 Å². The maximum absolute atomic E-state index is 10.7. The zero-order valence-electron chi connectivity index (χ0n) is 10.9. The summed E-state index contributed by atoms with van der Waals surface area (Å²) in [5.41, 5.74) is 2.50. The maximum Gasteiger partial charge on any atom is 0.120 e. The van der Waals surface area contributed by atoms with Crippen molar-refractivity contribution in [3.63, 3.8) is 0 Å². The maximum atomic E-state index is 10.7. The molecule has 2 rings (SSSR count). The van der Waals surface area contributed by atoms with Crippen LogP contribution in [0.2, 0.25) is 0 Å². The third kappa shape index (κ3) is 3.08. The molecule has 96 valence electrons. The summed E-state index contributed by atoms with van der Waals surface area (Å²) < 4.78 is 5.76. The fourth-order valence-electron chi connectivity index (χ4n) is 2.48. The second-order valence-corrected chi connectivity index (χ2v) is 5.18. The summed E-state index contributed by atoms with van der Waals surface area (Å²) in [6.07, 6.45) is 5.99. The minimum absolute atomic E-state index is 0.0262. The molecule has 0 saturated carbocycles. The second-order valence-electron chi connectivity index (χ2n) is 5.18. The van der Waals surface area contributed by atoms with E-state index >= 15 is 0 Å². The highest BCUT2D eigenvalue weighted by atomic mass is 16.5. The van der Waals surface area contributed by atoms with E-state index in [0.717, 1.165) is 19.1 Å². The lowest BCUT2D eigenvalue weighted by atomic mass is 9.81. The number of allylic oxidation sites excluding steroid dienone is 1. The molecule has 0 unspecified atom stereocenters. The molecule has 0 N–H and O–H groups in total. The molecule has 2 heteroatoms. The molecule has 1 aromatic rings. The first kappa shape index (κ1) is 13.0. The second kappa shape index (κ2) is 5.96. The highest BCUT2D eigenvalue weighted by molar-refractivity contribution is 5.52. The van der Waals surface area contributed by atoms with E-state index in [-0.39, 0.29) is 5.41 Å². The van der Waals surface area contributed by atoms with Crippen molar-refractivity contribution in [2.75, 3.05) is 6.61 Å². The standard InChI is InChI=1S/C16H20O2/c1-16(10-11-17)9-5-8-15(16)13-18-12-14-6-3-2-4-7-14/h2-4,6-8,11H,5,9-10,12-13H2,1H3/t16-/m0/s1. The lowest BCUT2D eigenvalue weighted by Gasteiger charge is -2.25. The Morgan fingerprint density at radius 2 is 2.06 bits per heavy atom. The number of carbonyl (C=O) groups is 1. The number of hydrogen-bond donors (Lipinski definition) is 0. The van der Waals surface area contributed by atoms with Crippen LogP contribution in [0, 0.1) is 5.41 Å². The SMILES string of the molecule is C[C@@]1(CC=O)CCC=C1COCc1ccccc1. The van der Waals surface area contributed by atoms with Gasteiger partial charge in [0.05, 0.1) is 13.2 Å². The van der Waals surface area contributed by atoms with Crippen molar-refractivity contribution in [2.24, 2.45) is 5.41 Å². The number of rotatable bonds is 6. The van der Waals surface area contributed by atoms with Gasteiger partial charge in [0, 0.05) is 6.42 Å². The highest BCUT2D eigenvalue weighted by Crippen LogP contribution is 2.41. The summed E-state index contributed by atoms with van der Waals surface area (Å²) in [6, 6.07) is 10.2. The molecule has 0 radical (unpaired) electrons. The van der Waals surface area contributed by atoms with Crippen LogP contribution >= 0.6 is 0 Å². The van der Waals surface area contributed by atoms with E-state index in [4.69, 9.17) is 4.74 Å². The van der Waals surface area contributed by atoms with Crippen molar-refractivity contribution in [1.29, 1.82) is 0 Å². The van der Waals surface area contributed by atoms with Gasteiger partial charge in [-0.2, -0.15) is 0 Å². The molecule has 0 spiro atoms. The monoisotopic (exact) mass is 244 g/mol. The molecule has 0 saturated heterocycles. The molecule has 1 aliphatic rings. The van der Waals surface area contributed by atoms with Crippen LogP contribution in [0.1, 0.15) is 31.7 Å². The minimum atomic E-state index is 0.0262. The van der Waals surface area contributed by atoms with Gasteiger partial charge in [-0.05, 0) is 29.4 Å². The van der Waals surface area contributed by atoms with E-state index < -0.39 is 0 Å². The Kier molecular flexibility index (Phi) is 4.32. The fourth-order valence-corrected chi connectivity index (χ4v) is 2.48. The third-order valence-corrected chi connectivity index (χ3v) is 3.77. The molecule has 0 bridgehead atoms. The third-order valence-electron chi connectivity index (χ3n) is 3.77. The molecular formula is C16H20O2. The molecule has 1 atom stereocenters. The van der Waals surface area contributed by atoms with Crippen LogP contribution in [-0.2, 0) is 16.1 Å². The Balaban J connectivity index is 1.85. The van der Waals surface area contributed by atoms with E-state index in [1.54, 1.807) is 0 Å². The van der Waals surface area contributed by atoms with E-state index in [0.29, 0.717) is 19.6 Å². The van der Waals surface area contributed by atoms with Crippen LogP contribution < -0.4 is 0 Å². The predicted octanol–water partition coefficient (Wildman–Crippen LogP) is 3.52. The smallest absolute Gasteiger partial charge is 0.120 e. The number of hydrogen-bond acceptors (Lipinski definition) is 2. The first-order valence-corrected chi connectivity index (χ1v) is 6.49. The predicted molar refractivity (Wildman–Crippen MR) is 72.2 cm³/mol. The molecule has 1 aromatic carbocycles. The van der Waals surface area contributed by atoms with Gasteiger partial charge in [0.1, 0.15) is 6.29 Å². The lowest BCUT2D eigenvalue weighted by molar-refractivity contribution is -0.109. The van der Waals surface area contributed by atoms with Gasteiger partial charge in [-0.25, -0.2) is 0 Å². The lowest BCUT2D eigenvalue weighted by Crippen LogP contribution is -2.19. The quantitative estimate of drug-likeness (QED) is 0.565. The first-order chi connectivity index (χ1) is 8.74. The van der Waals surface area contributed by atoms with E-state index in [1.807, 2.05) is 18.2 Å². The Hall–Kier alpha value is -1.41. The molecule has 0 aromatic heterocycles. The molecular weight excluding hydrogens is 224 g/mol. The van der Waals surface area contributed by atoms with Crippen molar-refractivity contribution in [2.45, 2.75) is 32.8 Å². The van der Waals surface area contributed by atoms with Crippen LogP contribution in [0.4, 0.5) is 0 Å². The molecule has 0 amide bonds. The van der Waals surface area contributed by atoms with E-state index in [9.17, 15) is 4.79 Å². The number of aldehydes is 1. The summed E-state index contributed by atoms with van der Waals surface area (Å²) in [5, 5.41) is 0. The summed E-state index contributed by atoms with van der Waals surface area (Å²) in [5.74, 6) is 0. The minimum Gasteiger partial charge on any atom is -0.372 e. The molecule has 0 aliphatic heterocycles. The van der Waals surface area contributed by atoms with Crippen LogP contribution in [0.3, 0.4) is 0 Å². The average Bonchev–Trinajstić information content (AvgIpc) is 2.73. The van der Waals surface area contributed by atoms with Crippen molar-refractivity contribution in [3.8, 4) is 0 Å². The largest absolute Gasteiger partial charge is 0.372 e. The zero-order chi connectivity index (χ0) is 12.8. The summed E-state index contributed by atoms with van der Waals surface area (Å²) in [6.45, 7) is 3.43. The Morgan fingerprint density at radius 3 is 2.78 bits per heavy atom. The van der Waals surface area contributed by atoms with E-state index in [1.165, 1.54) is 11.1 Å². The normalized spacial score (nSPS) is 22.8. The van der Waals surface area contributed by atoms with Gasteiger partial charge in [0.25, 0.3) is 0 Å². The van der Waals surface area contributed by atoms with Gasteiger partial charge in [0.2, 0.25) is 0 Å². The Morgan fingerprint density at radius 1 is 1.28 bits per heavy atom. The van der Waals surface area contributed by atoms with Gasteiger partial charge in [-0.3, -0.25) is 0 Å². The van der Waals surface area contributed by atoms with Gasteiger partial charge >= 0.3 is 0 Å². The summed E-state index contributed by atoms with van der Waals surface area (Å²) in [4.78, 5) is 10.7.